The molecule has 0 aliphatic rings. The molecule has 0 spiro atoms. The summed E-state index contributed by atoms with van der Waals surface area (Å²) in [6.07, 6.45) is 1.70. The van der Waals surface area contributed by atoms with Crippen molar-refractivity contribution in [3.8, 4) is 5.75 Å². The Balaban J connectivity index is 2.72. The van der Waals surface area contributed by atoms with Gasteiger partial charge >= 0.3 is 0 Å². The topological polar surface area (TPSA) is 38.3 Å². The fraction of sp³-hybridized carbons (Fsp3) is 0.250. The molecule has 0 aliphatic carbocycles. The summed E-state index contributed by atoms with van der Waals surface area (Å²) >= 11 is 5.86. The van der Waals surface area contributed by atoms with Gasteiger partial charge in [0.15, 0.2) is 5.78 Å². The maximum absolute atomic E-state index is 11.7. The first-order chi connectivity index (χ1) is 7.69. The van der Waals surface area contributed by atoms with Crippen LogP contribution >= 0.6 is 11.6 Å². The van der Waals surface area contributed by atoms with E-state index in [9.17, 15) is 4.79 Å². The summed E-state index contributed by atoms with van der Waals surface area (Å²) in [5.41, 5.74) is 0.581. The third kappa shape index (κ3) is 3.36. The van der Waals surface area contributed by atoms with Gasteiger partial charge in [-0.25, -0.2) is 0 Å². The van der Waals surface area contributed by atoms with Crippen LogP contribution < -0.4 is 10.1 Å². The molecular formula is C12H14ClNO2. The van der Waals surface area contributed by atoms with Crippen LogP contribution in [-0.2, 0) is 0 Å². The van der Waals surface area contributed by atoms with Gasteiger partial charge < -0.3 is 10.1 Å². The van der Waals surface area contributed by atoms with E-state index in [-0.39, 0.29) is 12.3 Å². The summed E-state index contributed by atoms with van der Waals surface area (Å²) in [6, 6.07) is 4.98. The Morgan fingerprint density at radius 2 is 2.38 bits per heavy atom. The first-order valence-electron chi connectivity index (χ1n) is 4.87. The first kappa shape index (κ1) is 12.7. The fourth-order valence-electron chi connectivity index (χ4n) is 1.22. The maximum atomic E-state index is 11.7. The van der Waals surface area contributed by atoms with Crippen molar-refractivity contribution in [1.29, 1.82) is 0 Å². The van der Waals surface area contributed by atoms with Crippen LogP contribution in [0.15, 0.2) is 30.9 Å². The molecule has 4 heteroatoms. The van der Waals surface area contributed by atoms with Gasteiger partial charge in [0.2, 0.25) is 0 Å². The highest BCUT2D eigenvalue weighted by atomic mass is 35.5. The summed E-state index contributed by atoms with van der Waals surface area (Å²) < 4.78 is 5.04. The number of halogens is 1. The van der Waals surface area contributed by atoms with Gasteiger partial charge in [0.25, 0.3) is 0 Å². The Hall–Kier alpha value is -1.32. The lowest BCUT2D eigenvalue weighted by Gasteiger charge is -2.06. The number of rotatable bonds is 6. The Kier molecular flexibility index (Phi) is 5.02. The SMILES string of the molecule is C=CCNCC(=O)c1ccc(Cl)c(OC)c1. The predicted octanol–water partition coefficient (Wildman–Crippen LogP) is 2.31. The summed E-state index contributed by atoms with van der Waals surface area (Å²) in [6.45, 7) is 4.44. The van der Waals surface area contributed by atoms with Crippen LogP contribution in [0.1, 0.15) is 10.4 Å². The van der Waals surface area contributed by atoms with Crippen LogP contribution in [0.3, 0.4) is 0 Å². The average molecular weight is 240 g/mol. The number of carbonyl (C=O) groups is 1. The summed E-state index contributed by atoms with van der Waals surface area (Å²) in [5.74, 6) is 0.507. The van der Waals surface area contributed by atoms with Crippen molar-refractivity contribution in [3.05, 3.63) is 41.4 Å². The second kappa shape index (κ2) is 6.30. The Labute approximate surface area is 100 Å². The highest BCUT2D eigenvalue weighted by Gasteiger charge is 2.08. The number of methoxy groups -OCH3 is 1. The van der Waals surface area contributed by atoms with Gasteiger partial charge in [-0.3, -0.25) is 4.79 Å². The molecule has 1 rings (SSSR count). The predicted molar refractivity (Wildman–Crippen MR) is 65.4 cm³/mol. The van der Waals surface area contributed by atoms with E-state index < -0.39 is 0 Å². The normalized spacial score (nSPS) is 9.88. The molecule has 0 radical (unpaired) electrons. The molecule has 0 fully saturated rings. The smallest absolute Gasteiger partial charge is 0.176 e. The molecule has 1 aromatic carbocycles. The van der Waals surface area contributed by atoms with E-state index in [0.29, 0.717) is 22.9 Å². The van der Waals surface area contributed by atoms with E-state index in [1.807, 2.05) is 0 Å². The minimum absolute atomic E-state index is 0.00295. The first-order valence-corrected chi connectivity index (χ1v) is 5.25. The van der Waals surface area contributed by atoms with Crippen LogP contribution in [0.2, 0.25) is 5.02 Å². The van der Waals surface area contributed by atoms with Crippen LogP contribution in [0, 0.1) is 0 Å². The van der Waals surface area contributed by atoms with E-state index in [0.717, 1.165) is 0 Å². The molecule has 1 N–H and O–H groups in total. The molecule has 1 aromatic rings. The molecule has 86 valence electrons. The molecule has 0 aliphatic heterocycles. The lowest BCUT2D eigenvalue weighted by molar-refractivity contribution is 0.0992. The largest absolute Gasteiger partial charge is 0.495 e. The summed E-state index contributed by atoms with van der Waals surface area (Å²) in [4.78, 5) is 11.7. The Morgan fingerprint density at radius 3 is 3.00 bits per heavy atom. The van der Waals surface area contributed by atoms with Gasteiger partial charge in [-0.1, -0.05) is 17.7 Å². The van der Waals surface area contributed by atoms with E-state index in [1.54, 1.807) is 24.3 Å². The van der Waals surface area contributed by atoms with E-state index >= 15 is 0 Å². The number of ether oxygens (including phenoxy) is 1. The van der Waals surface area contributed by atoms with Crippen LogP contribution in [0.4, 0.5) is 0 Å². The van der Waals surface area contributed by atoms with Crippen molar-refractivity contribution in [3.63, 3.8) is 0 Å². The molecule has 0 bridgehead atoms. The van der Waals surface area contributed by atoms with Crippen molar-refractivity contribution in [2.45, 2.75) is 0 Å². The number of hydrogen-bond donors (Lipinski definition) is 1. The van der Waals surface area contributed by atoms with Crippen molar-refractivity contribution >= 4 is 17.4 Å². The molecule has 0 atom stereocenters. The number of benzene rings is 1. The monoisotopic (exact) mass is 239 g/mol. The summed E-state index contributed by atoms with van der Waals surface area (Å²) in [7, 11) is 1.52. The van der Waals surface area contributed by atoms with Crippen LogP contribution in [0.5, 0.6) is 5.75 Å². The molecule has 0 unspecified atom stereocenters. The van der Waals surface area contributed by atoms with E-state index in [4.69, 9.17) is 16.3 Å². The second-order valence-electron chi connectivity index (χ2n) is 3.19. The number of hydrogen-bond acceptors (Lipinski definition) is 3. The number of nitrogens with one attached hydrogen (secondary N) is 1. The minimum atomic E-state index is -0.00295. The van der Waals surface area contributed by atoms with Crippen molar-refractivity contribution < 1.29 is 9.53 Å². The lowest BCUT2D eigenvalue weighted by Crippen LogP contribution is -2.22. The van der Waals surface area contributed by atoms with E-state index in [1.165, 1.54) is 7.11 Å². The van der Waals surface area contributed by atoms with Gasteiger partial charge in [0.1, 0.15) is 5.75 Å². The number of ketones is 1. The second-order valence-corrected chi connectivity index (χ2v) is 3.60. The summed E-state index contributed by atoms with van der Waals surface area (Å²) in [5, 5.41) is 3.44. The van der Waals surface area contributed by atoms with Gasteiger partial charge in [0.05, 0.1) is 18.7 Å². The molecule has 0 heterocycles. The highest BCUT2D eigenvalue weighted by Crippen LogP contribution is 2.24. The lowest BCUT2D eigenvalue weighted by atomic mass is 10.1. The van der Waals surface area contributed by atoms with E-state index in [2.05, 4.69) is 11.9 Å². The van der Waals surface area contributed by atoms with Gasteiger partial charge in [-0.05, 0) is 18.2 Å². The molecular weight excluding hydrogens is 226 g/mol. The quantitative estimate of drug-likeness (QED) is 0.470. The van der Waals surface area contributed by atoms with Crippen LogP contribution in [-0.4, -0.2) is 26.0 Å². The van der Waals surface area contributed by atoms with Crippen LogP contribution in [0.25, 0.3) is 0 Å². The molecule has 0 amide bonds. The third-order valence-corrected chi connectivity index (χ3v) is 2.36. The average Bonchev–Trinajstić information content (AvgIpc) is 2.30. The number of Topliss-reactive ketones (excluding diaryl/α,β-unsaturated/α-hetero) is 1. The van der Waals surface area contributed by atoms with Crippen molar-refractivity contribution in [1.82, 2.24) is 5.32 Å². The Bertz CT molecular complexity index is 391. The molecule has 16 heavy (non-hydrogen) atoms. The molecule has 0 saturated carbocycles. The standard InChI is InChI=1S/C12H14ClNO2/c1-3-6-14-8-11(15)9-4-5-10(13)12(7-9)16-2/h3-5,7,14H,1,6,8H2,2H3. The fourth-order valence-corrected chi connectivity index (χ4v) is 1.42. The zero-order chi connectivity index (χ0) is 12.0. The van der Waals surface area contributed by atoms with Gasteiger partial charge in [-0.2, -0.15) is 0 Å². The molecule has 0 saturated heterocycles. The Morgan fingerprint density at radius 1 is 1.62 bits per heavy atom. The minimum Gasteiger partial charge on any atom is -0.495 e. The maximum Gasteiger partial charge on any atom is 0.176 e. The van der Waals surface area contributed by atoms with Gasteiger partial charge in [-0.15, -0.1) is 6.58 Å². The third-order valence-electron chi connectivity index (χ3n) is 2.05. The van der Waals surface area contributed by atoms with Crippen molar-refractivity contribution in [2.75, 3.05) is 20.2 Å². The number of carbonyl (C=O) groups excluding carboxylic acids is 1. The molecule has 0 aromatic heterocycles. The van der Waals surface area contributed by atoms with Crippen molar-refractivity contribution in [2.24, 2.45) is 0 Å². The zero-order valence-corrected chi connectivity index (χ0v) is 9.88. The zero-order valence-electron chi connectivity index (χ0n) is 9.13. The molecule has 3 nitrogen and oxygen atoms in total. The highest BCUT2D eigenvalue weighted by molar-refractivity contribution is 6.32. The van der Waals surface area contributed by atoms with Gasteiger partial charge in [0, 0.05) is 12.1 Å².